The highest BCUT2D eigenvalue weighted by Gasteiger charge is 2.36. The molecule has 14 heteroatoms. The first-order valence-corrected chi connectivity index (χ1v) is 17.0. The number of nitrogens with zero attached hydrogens (tertiary/aromatic N) is 6. The van der Waals surface area contributed by atoms with Gasteiger partial charge in [-0.2, -0.15) is 4.68 Å². The van der Waals surface area contributed by atoms with Crippen LogP contribution in [-0.2, 0) is 27.2 Å². The molecule has 1 atom stereocenters. The molecular weight excluding hydrogens is 676 g/mol. The van der Waals surface area contributed by atoms with Crippen molar-refractivity contribution in [3.63, 3.8) is 0 Å². The smallest absolute Gasteiger partial charge is 0.409 e. The number of likely N-dealkylation sites (tertiary alicyclic amines) is 1. The van der Waals surface area contributed by atoms with Crippen LogP contribution in [0.1, 0.15) is 57.9 Å². The van der Waals surface area contributed by atoms with Gasteiger partial charge in [-0.05, 0) is 95.6 Å². The Balaban J connectivity index is 1.23. The lowest BCUT2D eigenvalue weighted by Gasteiger charge is -2.36. The zero-order chi connectivity index (χ0) is 35.9. The van der Waals surface area contributed by atoms with Gasteiger partial charge in [-0.3, -0.25) is 9.59 Å². The number of piperidine rings is 1. The monoisotopic (exact) mass is 712 g/mol. The number of aromatic nitrogens is 4. The number of benzene rings is 3. The molecule has 2 aliphatic heterocycles. The number of tetrazole rings is 1. The second-order valence-electron chi connectivity index (χ2n) is 12.5. The zero-order valence-corrected chi connectivity index (χ0v) is 28.7. The zero-order valence-electron chi connectivity index (χ0n) is 28.0. The number of carboxylic acids is 1. The maximum Gasteiger partial charge on any atom is 0.409 e. The van der Waals surface area contributed by atoms with Gasteiger partial charge in [-0.15, -0.1) is 5.10 Å². The molecule has 51 heavy (non-hydrogen) atoms. The van der Waals surface area contributed by atoms with E-state index in [0.717, 1.165) is 24.8 Å². The summed E-state index contributed by atoms with van der Waals surface area (Å²) in [6.07, 6.45) is 7.20. The van der Waals surface area contributed by atoms with Gasteiger partial charge in [0, 0.05) is 48.3 Å². The number of fused-ring (bicyclic) bond motifs is 1. The van der Waals surface area contributed by atoms with Crippen molar-refractivity contribution in [3.05, 3.63) is 106 Å². The third-order valence-corrected chi connectivity index (χ3v) is 9.60. The van der Waals surface area contributed by atoms with Crippen LogP contribution in [0.2, 0.25) is 5.02 Å². The molecule has 2 amide bonds. The Bertz CT molecular complexity index is 1920. The molecule has 0 saturated carbocycles. The molecule has 13 nitrogen and oxygen atoms in total. The van der Waals surface area contributed by atoms with Crippen molar-refractivity contribution in [2.45, 2.75) is 38.1 Å². The fourth-order valence-electron chi connectivity index (χ4n) is 6.68. The minimum atomic E-state index is -1.06. The van der Waals surface area contributed by atoms with Crippen molar-refractivity contribution >= 4 is 41.4 Å². The lowest BCUT2D eigenvalue weighted by Crippen LogP contribution is -2.43. The van der Waals surface area contributed by atoms with Crippen molar-refractivity contribution in [1.82, 2.24) is 30.0 Å². The number of ketones is 1. The number of carbonyl (C=O) groups is 4. The fourth-order valence-corrected chi connectivity index (χ4v) is 6.86. The molecule has 0 spiro atoms. The number of Topliss-reactive ketones (excluding diaryl/α,β-unsaturated/α-hetero) is 1. The van der Waals surface area contributed by atoms with Crippen LogP contribution < -0.4 is 4.74 Å². The molecule has 3 heterocycles. The van der Waals surface area contributed by atoms with Gasteiger partial charge >= 0.3 is 12.1 Å². The molecule has 4 aromatic rings. The van der Waals surface area contributed by atoms with Crippen molar-refractivity contribution in [2.24, 2.45) is 5.92 Å². The largest absolute Gasteiger partial charge is 0.493 e. The number of halogens is 1. The normalized spacial score (nSPS) is 16.2. The SMILES string of the molecule is COC(=O)N1CCC(CCOc2cccc3c2CCN(C(=O)/C=C/c2cc(Cl)ccc2-n2cnnn2)C3C(=O)Cc2ccc(C(=O)O)cc2)CC1. The van der Waals surface area contributed by atoms with Gasteiger partial charge < -0.3 is 24.4 Å². The van der Waals surface area contributed by atoms with E-state index in [9.17, 15) is 24.3 Å². The molecule has 1 saturated heterocycles. The molecule has 6 rings (SSSR count). The first-order valence-electron chi connectivity index (χ1n) is 16.7. The number of amides is 2. The van der Waals surface area contributed by atoms with Crippen molar-refractivity contribution < 1.29 is 33.8 Å². The summed E-state index contributed by atoms with van der Waals surface area (Å²) in [5, 5.41) is 21.1. The average Bonchev–Trinajstić information content (AvgIpc) is 3.68. The Morgan fingerprint density at radius 1 is 1.02 bits per heavy atom. The van der Waals surface area contributed by atoms with Gasteiger partial charge in [0.2, 0.25) is 5.91 Å². The van der Waals surface area contributed by atoms with Crippen molar-refractivity contribution in [3.8, 4) is 11.4 Å². The van der Waals surface area contributed by atoms with Crippen molar-refractivity contribution in [2.75, 3.05) is 33.4 Å². The fraction of sp³-hybridized carbons (Fsp3) is 0.324. The second-order valence-corrected chi connectivity index (χ2v) is 12.9. The third-order valence-electron chi connectivity index (χ3n) is 9.37. The topological polar surface area (TPSA) is 157 Å². The van der Waals surface area contributed by atoms with E-state index < -0.39 is 12.0 Å². The number of methoxy groups -OCH3 is 1. The second kappa shape index (κ2) is 16.0. The maximum atomic E-state index is 14.2. The predicted octanol–water partition coefficient (Wildman–Crippen LogP) is 5.21. The van der Waals surface area contributed by atoms with Crippen molar-refractivity contribution in [1.29, 1.82) is 0 Å². The van der Waals surface area contributed by atoms with E-state index in [4.69, 9.17) is 21.1 Å². The van der Waals surface area contributed by atoms with Gasteiger partial charge in [0.15, 0.2) is 5.78 Å². The van der Waals surface area contributed by atoms with Gasteiger partial charge in [0.1, 0.15) is 18.1 Å². The highest BCUT2D eigenvalue weighted by atomic mass is 35.5. The molecule has 1 unspecified atom stereocenters. The number of ether oxygens (including phenoxy) is 2. The summed E-state index contributed by atoms with van der Waals surface area (Å²) in [4.78, 5) is 54.6. The van der Waals surface area contributed by atoms with Crippen LogP contribution in [0.3, 0.4) is 0 Å². The van der Waals surface area contributed by atoms with Gasteiger partial charge in [-0.1, -0.05) is 35.9 Å². The van der Waals surface area contributed by atoms with E-state index in [1.807, 2.05) is 18.2 Å². The molecule has 0 bridgehead atoms. The summed E-state index contributed by atoms with van der Waals surface area (Å²) in [6.45, 7) is 2.04. The number of carboxylic acid groups (broad SMARTS) is 1. The standard InChI is InChI=1S/C37H37ClN6O7/c1-50-37(49)42-17-13-24(14-18-42)16-20-51-33-4-2-3-30-29(33)15-19-43(35(30)32(45)21-25-5-7-26(8-6-25)36(47)48)34(46)12-9-27-22-28(38)10-11-31(27)44-23-39-40-41-44/h2-12,22-24,35H,13-21H2,1H3,(H,47,48)/b12-9+. The molecule has 0 radical (unpaired) electrons. The summed E-state index contributed by atoms with van der Waals surface area (Å²) >= 11 is 6.29. The van der Waals surface area contributed by atoms with Crippen LogP contribution in [0, 0.1) is 5.92 Å². The Morgan fingerprint density at radius 3 is 2.51 bits per heavy atom. The Hall–Kier alpha value is -5.56. The molecule has 1 fully saturated rings. The Labute approximate surface area is 299 Å². The molecule has 1 N–H and O–H groups in total. The minimum Gasteiger partial charge on any atom is -0.493 e. The molecule has 2 aliphatic rings. The van der Waals surface area contributed by atoms with E-state index in [2.05, 4.69) is 15.5 Å². The molecule has 0 aliphatic carbocycles. The van der Waals surface area contributed by atoms with Gasteiger partial charge in [0.25, 0.3) is 0 Å². The number of carbonyl (C=O) groups excluding carboxylic acids is 3. The van der Waals surface area contributed by atoms with Crippen LogP contribution in [0.25, 0.3) is 11.8 Å². The molecule has 3 aromatic carbocycles. The first-order chi connectivity index (χ1) is 24.7. The van der Waals surface area contributed by atoms with Crippen LogP contribution in [-0.4, -0.2) is 92.2 Å². The average molecular weight is 713 g/mol. The number of hydrogen-bond donors (Lipinski definition) is 1. The van der Waals surface area contributed by atoms with Crippen LogP contribution >= 0.6 is 11.6 Å². The van der Waals surface area contributed by atoms with E-state index in [-0.39, 0.29) is 36.3 Å². The van der Waals surface area contributed by atoms with Crippen LogP contribution in [0.15, 0.2) is 73.1 Å². The molecular formula is C37H37ClN6O7. The van der Waals surface area contributed by atoms with Crippen LogP contribution in [0.4, 0.5) is 4.79 Å². The highest BCUT2D eigenvalue weighted by molar-refractivity contribution is 6.30. The summed E-state index contributed by atoms with van der Waals surface area (Å²) in [5.41, 5.74) is 3.54. The Morgan fingerprint density at radius 2 is 1.80 bits per heavy atom. The lowest BCUT2D eigenvalue weighted by molar-refractivity contribution is -0.136. The minimum absolute atomic E-state index is 0.00933. The van der Waals surface area contributed by atoms with E-state index in [1.165, 1.54) is 36.3 Å². The molecule has 264 valence electrons. The van der Waals surface area contributed by atoms with E-state index >= 15 is 0 Å². The quantitative estimate of drug-likeness (QED) is 0.205. The summed E-state index contributed by atoms with van der Waals surface area (Å²) in [7, 11) is 1.39. The Kier molecular flexibility index (Phi) is 11.1. The van der Waals surface area contributed by atoms with Gasteiger partial charge in [-0.25, -0.2) is 9.59 Å². The third kappa shape index (κ3) is 8.26. The summed E-state index contributed by atoms with van der Waals surface area (Å²) < 4.78 is 12.6. The highest BCUT2D eigenvalue weighted by Crippen LogP contribution is 2.37. The molecule has 1 aromatic heterocycles. The summed E-state index contributed by atoms with van der Waals surface area (Å²) in [6, 6.07) is 16.0. The van der Waals surface area contributed by atoms with Gasteiger partial charge in [0.05, 0.1) is 25.0 Å². The number of aromatic carboxylic acids is 1. The van der Waals surface area contributed by atoms with E-state index in [0.29, 0.717) is 65.2 Å². The number of rotatable bonds is 11. The number of hydrogen-bond acceptors (Lipinski definition) is 9. The first kappa shape index (κ1) is 35.3. The summed E-state index contributed by atoms with van der Waals surface area (Å²) in [5.74, 6) is -0.552. The van der Waals surface area contributed by atoms with Crippen LogP contribution in [0.5, 0.6) is 5.75 Å². The maximum absolute atomic E-state index is 14.2. The van der Waals surface area contributed by atoms with E-state index in [1.54, 1.807) is 46.2 Å². The predicted molar refractivity (Wildman–Crippen MR) is 187 cm³/mol. The lowest BCUT2D eigenvalue weighted by atomic mass is 9.87.